The highest BCUT2D eigenvalue weighted by Gasteiger charge is 2.33. The Morgan fingerprint density at radius 2 is 2.25 bits per heavy atom. The number of aliphatic hydroxyl groups excluding tert-OH is 1. The van der Waals surface area contributed by atoms with Crippen molar-refractivity contribution in [1.82, 2.24) is 4.90 Å². The third-order valence-corrected chi connectivity index (χ3v) is 4.06. The van der Waals surface area contributed by atoms with Crippen molar-refractivity contribution < 1.29 is 9.90 Å². The van der Waals surface area contributed by atoms with E-state index in [0.29, 0.717) is 17.3 Å². The average Bonchev–Trinajstić information content (AvgIpc) is 2.62. The van der Waals surface area contributed by atoms with E-state index in [9.17, 15) is 4.79 Å². The summed E-state index contributed by atoms with van der Waals surface area (Å²) in [5.74, 6) is 0.513. The van der Waals surface area contributed by atoms with E-state index < -0.39 is 0 Å². The maximum Gasteiger partial charge on any atom is 0.233 e. The molecule has 1 atom stereocenters. The minimum Gasteiger partial charge on any atom is -0.395 e. The first-order valence-electron chi connectivity index (χ1n) is 5.00. The van der Waals surface area contributed by atoms with Crippen LogP contribution in [0.25, 0.3) is 0 Å². The quantitative estimate of drug-likeness (QED) is 0.899. The Balaban J connectivity index is 2.27. The zero-order chi connectivity index (χ0) is 11.5. The van der Waals surface area contributed by atoms with Gasteiger partial charge in [0.15, 0.2) is 0 Å². The van der Waals surface area contributed by atoms with Crippen LogP contribution in [0.3, 0.4) is 0 Å². The summed E-state index contributed by atoms with van der Waals surface area (Å²) in [7, 11) is 0. The maximum absolute atomic E-state index is 11.6. The summed E-state index contributed by atoms with van der Waals surface area (Å²) in [6, 6.07) is 7.51. The van der Waals surface area contributed by atoms with Crippen LogP contribution in [0.1, 0.15) is 10.9 Å². The van der Waals surface area contributed by atoms with E-state index in [1.807, 2.05) is 24.3 Å². The summed E-state index contributed by atoms with van der Waals surface area (Å²) < 4.78 is 0. The Kier molecular flexibility index (Phi) is 3.74. The molecule has 2 rings (SSSR count). The molecule has 1 saturated heterocycles. The number of carbonyl (C=O) groups is 1. The number of amides is 1. The fourth-order valence-corrected chi connectivity index (χ4v) is 3.29. The van der Waals surface area contributed by atoms with Crippen molar-refractivity contribution in [3.63, 3.8) is 0 Å². The summed E-state index contributed by atoms with van der Waals surface area (Å²) in [5.41, 5.74) is 0.938. The van der Waals surface area contributed by atoms with Gasteiger partial charge in [0.2, 0.25) is 5.91 Å². The van der Waals surface area contributed by atoms with Crippen LogP contribution < -0.4 is 0 Å². The average molecular weight is 258 g/mol. The SMILES string of the molecule is O=C1CSC(c2ccccc2Cl)N1CCO. The number of halogens is 1. The number of carbonyl (C=O) groups excluding carboxylic acids is 1. The second-order valence-corrected chi connectivity index (χ2v) is 4.97. The number of hydrogen-bond acceptors (Lipinski definition) is 3. The molecule has 0 radical (unpaired) electrons. The summed E-state index contributed by atoms with van der Waals surface area (Å²) in [6.45, 7) is 0.342. The largest absolute Gasteiger partial charge is 0.395 e. The predicted octanol–water partition coefficient (Wildman–Crippen LogP) is 1.91. The van der Waals surface area contributed by atoms with Crippen molar-refractivity contribution in [2.45, 2.75) is 5.37 Å². The van der Waals surface area contributed by atoms with Gasteiger partial charge in [0.1, 0.15) is 5.37 Å². The first-order chi connectivity index (χ1) is 7.74. The molecule has 1 heterocycles. The fraction of sp³-hybridized carbons (Fsp3) is 0.364. The van der Waals surface area contributed by atoms with Crippen molar-refractivity contribution in [1.29, 1.82) is 0 Å². The van der Waals surface area contributed by atoms with Crippen LogP contribution in [0.4, 0.5) is 0 Å². The van der Waals surface area contributed by atoms with Crippen LogP contribution in [0, 0.1) is 0 Å². The molecule has 1 aliphatic rings. The van der Waals surface area contributed by atoms with E-state index in [1.54, 1.807) is 16.7 Å². The normalized spacial score (nSPS) is 20.5. The second-order valence-electron chi connectivity index (χ2n) is 3.50. The topological polar surface area (TPSA) is 40.5 Å². The minimum atomic E-state index is -0.0617. The van der Waals surface area contributed by atoms with Gasteiger partial charge >= 0.3 is 0 Å². The Bertz CT molecular complexity index is 399. The molecule has 0 aliphatic carbocycles. The van der Waals surface area contributed by atoms with E-state index in [4.69, 9.17) is 16.7 Å². The van der Waals surface area contributed by atoms with Gasteiger partial charge in [-0.25, -0.2) is 0 Å². The highest BCUT2D eigenvalue weighted by atomic mass is 35.5. The van der Waals surface area contributed by atoms with E-state index in [-0.39, 0.29) is 17.9 Å². The third-order valence-electron chi connectivity index (χ3n) is 2.48. The molecule has 0 aromatic heterocycles. The Hall–Kier alpha value is -0.710. The van der Waals surface area contributed by atoms with Crippen LogP contribution in [0.5, 0.6) is 0 Å². The van der Waals surface area contributed by atoms with Gasteiger partial charge in [0.25, 0.3) is 0 Å². The third kappa shape index (κ3) is 2.19. The molecule has 1 aromatic rings. The van der Waals surface area contributed by atoms with Crippen molar-refractivity contribution in [3.05, 3.63) is 34.9 Å². The minimum absolute atomic E-state index is 0.0206. The number of nitrogens with zero attached hydrogens (tertiary/aromatic N) is 1. The standard InChI is InChI=1S/C11H12ClNO2S/c12-9-4-2-1-3-8(9)11-13(5-6-14)10(15)7-16-11/h1-4,11,14H,5-7H2. The van der Waals surface area contributed by atoms with Gasteiger partial charge in [-0.3, -0.25) is 4.79 Å². The molecule has 0 bridgehead atoms. The Morgan fingerprint density at radius 1 is 1.50 bits per heavy atom. The fourth-order valence-electron chi connectivity index (χ4n) is 1.74. The lowest BCUT2D eigenvalue weighted by Gasteiger charge is -2.23. The Labute approximate surface area is 103 Å². The van der Waals surface area contributed by atoms with Gasteiger partial charge in [0, 0.05) is 17.1 Å². The monoisotopic (exact) mass is 257 g/mol. The zero-order valence-corrected chi connectivity index (χ0v) is 10.2. The van der Waals surface area contributed by atoms with Crippen LogP contribution in [0.15, 0.2) is 24.3 Å². The van der Waals surface area contributed by atoms with Crippen LogP contribution in [-0.4, -0.2) is 34.8 Å². The van der Waals surface area contributed by atoms with Crippen LogP contribution in [0.2, 0.25) is 5.02 Å². The lowest BCUT2D eigenvalue weighted by molar-refractivity contribution is -0.128. The predicted molar refractivity (Wildman–Crippen MR) is 65.4 cm³/mol. The van der Waals surface area contributed by atoms with E-state index >= 15 is 0 Å². The van der Waals surface area contributed by atoms with Crippen molar-refractivity contribution in [2.75, 3.05) is 18.9 Å². The highest BCUT2D eigenvalue weighted by Crippen LogP contribution is 2.40. The highest BCUT2D eigenvalue weighted by molar-refractivity contribution is 8.00. The zero-order valence-electron chi connectivity index (χ0n) is 8.60. The molecular weight excluding hydrogens is 246 g/mol. The van der Waals surface area contributed by atoms with Crippen LogP contribution in [-0.2, 0) is 4.79 Å². The maximum atomic E-state index is 11.6. The van der Waals surface area contributed by atoms with Gasteiger partial charge in [-0.1, -0.05) is 29.8 Å². The lowest BCUT2D eigenvalue weighted by atomic mass is 10.2. The number of β-amino-alcohol motifs (C(OH)–C–C–N with tert-alkyl or cyclic N) is 1. The van der Waals surface area contributed by atoms with Gasteiger partial charge < -0.3 is 10.0 Å². The smallest absolute Gasteiger partial charge is 0.233 e. The molecule has 1 unspecified atom stereocenters. The van der Waals surface area contributed by atoms with Gasteiger partial charge in [0.05, 0.1) is 12.4 Å². The molecule has 3 nitrogen and oxygen atoms in total. The van der Waals surface area contributed by atoms with Gasteiger partial charge in [-0.2, -0.15) is 0 Å². The van der Waals surface area contributed by atoms with E-state index in [2.05, 4.69) is 0 Å². The molecule has 5 heteroatoms. The van der Waals surface area contributed by atoms with Crippen molar-refractivity contribution in [2.24, 2.45) is 0 Å². The molecular formula is C11H12ClNO2S. The van der Waals surface area contributed by atoms with E-state index in [0.717, 1.165) is 5.56 Å². The molecule has 1 N–H and O–H groups in total. The van der Waals surface area contributed by atoms with Gasteiger partial charge in [-0.15, -0.1) is 11.8 Å². The molecule has 1 aliphatic heterocycles. The molecule has 1 fully saturated rings. The number of thioether (sulfide) groups is 1. The molecule has 1 aromatic carbocycles. The number of aliphatic hydroxyl groups is 1. The first kappa shape index (κ1) is 11.8. The number of rotatable bonds is 3. The molecule has 16 heavy (non-hydrogen) atoms. The van der Waals surface area contributed by atoms with Crippen molar-refractivity contribution >= 4 is 29.3 Å². The second kappa shape index (κ2) is 5.08. The number of benzene rings is 1. The molecule has 86 valence electrons. The molecule has 0 saturated carbocycles. The van der Waals surface area contributed by atoms with Crippen LogP contribution >= 0.6 is 23.4 Å². The number of hydrogen-bond donors (Lipinski definition) is 1. The summed E-state index contributed by atoms with van der Waals surface area (Å²) in [4.78, 5) is 13.3. The van der Waals surface area contributed by atoms with Gasteiger partial charge in [-0.05, 0) is 6.07 Å². The van der Waals surface area contributed by atoms with E-state index in [1.165, 1.54) is 0 Å². The Morgan fingerprint density at radius 3 is 2.94 bits per heavy atom. The van der Waals surface area contributed by atoms with Crippen molar-refractivity contribution in [3.8, 4) is 0 Å². The summed E-state index contributed by atoms with van der Waals surface area (Å²) in [5, 5.41) is 9.55. The lowest BCUT2D eigenvalue weighted by Crippen LogP contribution is -2.31. The summed E-state index contributed by atoms with van der Waals surface area (Å²) >= 11 is 7.65. The summed E-state index contributed by atoms with van der Waals surface area (Å²) in [6.07, 6.45) is 0. The molecule has 1 amide bonds. The first-order valence-corrected chi connectivity index (χ1v) is 6.43. The molecule has 0 spiro atoms.